The van der Waals surface area contributed by atoms with E-state index >= 15 is 0 Å². The predicted molar refractivity (Wildman–Crippen MR) is 98.1 cm³/mol. The number of fused-ring (bicyclic) bond motifs is 1. The fraction of sp³-hybridized carbons (Fsp3) is 0.500. The number of nitrogens with two attached hydrogens (primary N) is 1. The minimum absolute atomic E-state index is 0.0255. The van der Waals surface area contributed by atoms with E-state index in [-0.39, 0.29) is 17.9 Å². The first-order valence-electron chi connectivity index (χ1n) is 9.01. The van der Waals surface area contributed by atoms with Crippen molar-refractivity contribution in [3.8, 4) is 5.75 Å². The lowest BCUT2D eigenvalue weighted by Gasteiger charge is -2.37. The van der Waals surface area contributed by atoms with E-state index in [0.717, 1.165) is 23.3 Å². The summed E-state index contributed by atoms with van der Waals surface area (Å²) >= 11 is 6.40. The number of piperidine rings is 1. The van der Waals surface area contributed by atoms with Crippen molar-refractivity contribution in [2.75, 3.05) is 32.0 Å². The lowest BCUT2D eigenvalue weighted by molar-refractivity contribution is 0.0912. The highest BCUT2D eigenvalue weighted by atomic mass is 35.5. The number of amides is 1. The molecule has 2 aromatic rings. The maximum Gasteiger partial charge on any atom is 0.409 e. The largest absolute Gasteiger partial charge is 0.493 e. The Bertz CT molecular complexity index is 842. The van der Waals surface area contributed by atoms with Gasteiger partial charge in [0.05, 0.1) is 23.9 Å². The highest BCUT2D eigenvalue weighted by Gasteiger charge is 2.39. The van der Waals surface area contributed by atoms with Crippen LogP contribution in [0.3, 0.4) is 0 Å². The van der Waals surface area contributed by atoms with Crippen molar-refractivity contribution in [1.82, 2.24) is 15.0 Å². The van der Waals surface area contributed by atoms with Crippen LogP contribution in [0.5, 0.6) is 5.75 Å². The second-order valence-electron chi connectivity index (χ2n) is 6.70. The molecule has 1 aromatic heterocycles. The van der Waals surface area contributed by atoms with Crippen LogP contribution < -0.4 is 10.5 Å². The van der Waals surface area contributed by atoms with Gasteiger partial charge in [-0.3, -0.25) is 0 Å². The molecule has 2 unspecified atom stereocenters. The first kappa shape index (κ1) is 17.9. The average molecular weight is 393 g/mol. The number of likely N-dealkylation sites (tertiary alicyclic amines) is 1. The Morgan fingerprint density at radius 1 is 1.48 bits per heavy atom. The molecule has 27 heavy (non-hydrogen) atoms. The summed E-state index contributed by atoms with van der Waals surface area (Å²) in [7, 11) is 0. The summed E-state index contributed by atoms with van der Waals surface area (Å²) in [6.07, 6.45) is 2.39. The van der Waals surface area contributed by atoms with Crippen molar-refractivity contribution in [1.29, 1.82) is 0 Å². The third-order valence-electron chi connectivity index (χ3n) is 5.25. The number of nitrogens with zero attached hydrogens (tertiary/aromatic N) is 3. The molecule has 1 amide bonds. The Hall–Kier alpha value is -2.48. The molecular weight excluding hydrogens is 372 g/mol. The van der Waals surface area contributed by atoms with Crippen molar-refractivity contribution in [2.24, 2.45) is 0 Å². The fourth-order valence-corrected chi connectivity index (χ4v) is 4.20. The third kappa shape index (κ3) is 3.18. The van der Waals surface area contributed by atoms with E-state index in [1.807, 2.05) is 6.07 Å². The van der Waals surface area contributed by atoms with E-state index in [9.17, 15) is 4.79 Å². The molecule has 2 atom stereocenters. The number of rotatable bonds is 3. The van der Waals surface area contributed by atoms with Gasteiger partial charge in [-0.15, -0.1) is 0 Å². The van der Waals surface area contributed by atoms with Gasteiger partial charge >= 0.3 is 6.09 Å². The average Bonchev–Trinajstić information content (AvgIpc) is 3.36. The lowest BCUT2D eigenvalue weighted by Crippen LogP contribution is -2.42. The quantitative estimate of drug-likeness (QED) is 0.800. The van der Waals surface area contributed by atoms with Gasteiger partial charge in [0.25, 0.3) is 0 Å². The molecular formula is C18H21ClN4O4. The smallest absolute Gasteiger partial charge is 0.409 e. The van der Waals surface area contributed by atoms with Gasteiger partial charge in [-0.05, 0) is 19.4 Å². The summed E-state index contributed by atoms with van der Waals surface area (Å²) in [6, 6.07) is 1.84. The number of nitrogen functional groups attached to an aromatic ring is 1. The Morgan fingerprint density at radius 2 is 2.33 bits per heavy atom. The lowest BCUT2D eigenvalue weighted by atomic mass is 9.79. The molecule has 8 nitrogen and oxygen atoms in total. The van der Waals surface area contributed by atoms with Crippen LogP contribution in [0.25, 0.3) is 0 Å². The third-order valence-corrected chi connectivity index (χ3v) is 5.56. The minimum Gasteiger partial charge on any atom is -0.493 e. The zero-order chi connectivity index (χ0) is 19.0. The molecule has 9 heteroatoms. The fourth-order valence-electron chi connectivity index (χ4n) is 3.97. The predicted octanol–water partition coefficient (Wildman–Crippen LogP) is 2.97. The van der Waals surface area contributed by atoms with Crippen molar-refractivity contribution in [2.45, 2.75) is 31.6 Å². The van der Waals surface area contributed by atoms with Crippen LogP contribution in [0.15, 0.2) is 17.0 Å². The Morgan fingerprint density at radius 3 is 3.07 bits per heavy atom. The highest BCUT2D eigenvalue weighted by molar-refractivity contribution is 6.33. The molecule has 0 saturated carbocycles. The van der Waals surface area contributed by atoms with Crippen LogP contribution in [0.2, 0.25) is 5.02 Å². The van der Waals surface area contributed by atoms with E-state index < -0.39 is 0 Å². The van der Waals surface area contributed by atoms with Gasteiger partial charge in [0, 0.05) is 42.5 Å². The van der Waals surface area contributed by atoms with E-state index in [1.165, 1.54) is 6.39 Å². The highest BCUT2D eigenvalue weighted by Crippen LogP contribution is 2.47. The molecule has 144 valence electrons. The molecule has 1 saturated heterocycles. The summed E-state index contributed by atoms with van der Waals surface area (Å²) in [6.45, 7) is 3.70. The minimum atomic E-state index is -0.326. The monoisotopic (exact) mass is 392 g/mol. The number of anilines is 1. The molecule has 0 spiro atoms. The Kier molecular flexibility index (Phi) is 4.82. The second-order valence-corrected chi connectivity index (χ2v) is 7.11. The maximum absolute atomic E-state index is 12.3. The number of ether oxygens (including phenoxy) is 2. The summed E-state index contributed by atoms with van der Waals surface area (Å²) in [5.74, 6) is 1.25. The Labute approximate surface area is 161 Å². The van der Waals surface area contributed by atoms with Gasteiger partial charge in [0.1, 0.15) is 5.75 Å². The number of hydrogen-bond donors (Lipinski definition) is 1. The summed E-state index contributed by atoms with van der Waals surface area (Å²) in [4.78, 5) is 18.2. The van der Waals surface area contributed by atoms with Gasteiger partial charge in [-0.1, -0.05) is 16.8 Å². The number of halogens is 1. The van der Waals surface area contributed by atoms with Crippen LogP contribution >= 0.6 is 11.6 Å². The Balaban J connectivity index is 1.75. The van der Waals surface area contributed by atoms with E-state index in [0.29, 0.717) is 49.3 Å². The van der Waals surface area contributed by atoms with Gasteiger partial charge in [-0.25, -0.2) is 4.79 Å². The van der Waals surface area contributed by atoms with Gasteiger partial charge in [0.15, 0.2) is 5.82 Å². The molecule has 4 rings (SSSR count). The molecule has 2 aliphatic heterocycles. The summed E-state index contributed by atoms with van der Waals surface area (Å²) in [5, 5.41) is 4.53. The van der Waals surface area contributed by atoms with Crippen LogP contribution in [-0.2, 0) is 11.2 Å². The molecule has 1 fully saturated rings. The molecule has 0 aliphatic carbocycles. The molecule has 0 bridgehead atoms. The van der Waals surface area contributed by atoms with Gasteiger partial charge in [0.2, 0.25) is 6.39 Å². The van der Waals surface area contributed by atoms with Crippen LogP contribution in [0.1, 0.15) is 42.1 Å². The van der Waals surface area contributed by atoms with Crippen molar-refractivity contribution in [3.05, 3.63) is 34.4 Å². The maximum atomic E-state index is 12.3. The van der Waals surface area contributed by atoms with Gasteiger partial charge in [-0.2, -0.15) is 4.98 Å². The van der Waals surface area contributed by atoms with Crippen molar-refractivity contribution in [3.63, 3.8) is 0 Å². The van der Waals surface area contributed by atoms with Crippen molar-refractivity contribution >= 4 is 23.4 Å². The topological polar surface area (TPSA) is 104 Å². The van der Waals surface area contributed by atoms with Crippen LogP contribution in [0, 0.1) is 0 Å². The number of hydrogen-bond acceptors (Lipinski definition) is 7. The number of carbonyl (C=O) groups is 1. The van der Waals surface area contributed by atoms with Crippen molar-refractivity contribution < 1.29 is 18.8 Å². The standard InChI is InChI=1S/C18H21ClN4O4/c1-2-25-18(24)23-5-3-10(17-21-9-27-22-17)13(8-23)12-7-14(19)15(20)11-4-6-26-16(11)12/h7,9-10,13H,2-6,8,20H2,1H3. The van der Waals surface area contributed by atoms with Crippen LogP contribution in [0.4, 0.5) is 10.5 Å². The second kappa shape index (κ2) is 7.26. The molecule has 2 N–H and O–H groups in total. The van der Waals surface area contributed by atoms with E-state index in [1.54, 1.807) is 11.8 Å². The first-order valence-corrected chi connectivity index (χ1v) is 9.39. The number of carbonyl (C=O) groups excluding carboxylic acids is 1. The number of benzene rings is 1. The summed E-state index contributed by atoms with van der Waals surface area (Å²) < 4.78 is 16.0. The van der Waals surface area contributed by atoms with Gasteiger partial charge < -0.3 is 24.6 Å². The van der Waals surface area contributed by atoms with Crippen LogP contribution in [-0.4, -0.2) is 47.4 Å². The van der Waals surface area contributed by atoms with E-state index in [2.05, 4.69) is 10.1 Å². The zero-order valence-corrected chi connectivity index (χ0v) is 15.7. The molecule has 3 heterocycles. The SMILES string of the molecule is CCOC(=O)N1CCC(c2ncon2)C(c2cc(Cl)c(N)c3c2OCC3)C1. The molecule has 2 aliphatic rings. The number of aromatic nitrogens is 2. The normalized spacial score (nSPS) is 21.6. The van der Waals surface area contributed by atoms with E-state index in [4.69, 9.17) is 31.3 Å². The molecule has 1 aromatic carbocycles. The molecule has 0 radical (unpaired) electrons. The summed E-state index contributed by atoms with van der Waals surface area (Å²) in [5.41, 5.74) is 8.55. The first-order chi connectivity index (χ1) is 13.1. The zero-order valence-electron chi connectivity index (χ0n) is 15.0.